The van der Waals surface area contributed by atoms with Gasteiger partial charge in [-0.25, -0.2) is 4.98 Å². The van der Waals surface area contributed by atoms with Crippen molar-refractivity contribution in [1.29, 1.82) is 0 Å². The second-order valence-electron chi connectivity index (χ2n) is 7.47. The molecule has 9 heteroatoms. The Morgan fingerprint density at radius 1 is 1.12 bits per heavy atom. The molecule has 0 radical (unpaired) electrons. The summed E-state index contributed by atoms with van der Waals surface area (Å²) in [6.07, 6.45) is 1.75. The van der Waals surface area contributed by atoms with Crippen LogP contribution in [0.2, 0.25) is 0 Å². The number of amides is 1. The summed E-state index contributed by atoms with van der Waals surface area (Å²) in [4.78, 5) is 32.4. The number of rotatable bonds is 9. The van der Waals surface area contributed by atoms with Crippen LogP contribution in [0.25, 0.3) is 10.9 Å². The summed E-state index contributed by atoms with van der Waals surface area (Å²) in [5.74, 6) is 1.63. The third-order valence-electron chi connectivity index (χ3n) is 5.10. The smallest absolute Gasteiger partial charge is 0.262 e. The number of aromatic amines is 1. The molecule has 2 aromatic heterocycles. The lowest BCUT2D eigenvalue weighted by molar-refractivity contribution is -0.121. The molecule has 4 aromatic rings. The maximum absolute atomic E-state index is 12.7. The Morgan fingerprint density at radius 3 is 2.68 bits per heavy atom. The Balaban J connectivity index is 1.33. The molecule has 0 bridgehead atoms. The van der Waals surface area contributed by atoms with Gasteiger partial charge in [-0.05, 0) is 67.2 Å². The second-order valence-corrected chi connectivity index (χ2v) is 7.85. The molecule has 0 unspecified atom stereocenters. The van der Waals surface area contributed by atoms with E-state index in [2.05, 4.69) is 15.3 Å². The van der Waals surface area contributed by atoms with Gasteiger partial charge in [0.25, 0.3) is 5.56 Å². The van der Waals surface area contributed by atoms with Crippen LogP contribution in [0, 0.1) is 4.77 Å². The number of carbonyl (C=O) groups excluding carboxylic acids is 1. The number of nitrogens with one attached hydrogen (secondary N) is 2. The fourth-order valence-electron chi connectivity index (χ4n) is 3.41. The SMILES string of the molecule is CCOc1ccc(Oc2cc(CNC(=O)CCn3c(=S)[nH]c4ccccc4c3=O)ccn2)cc1. The number of aromatic nitrogens is 3. The van der Waals surface area contributed by atoms with E-state index >= 15 is 0 Å². The van der Waals surface area contributed by atoms with Gasteiger partial charge in [-0.3, -0.25) is 14.2 Å². The van der Waals surface area contributed by atoms with Crippen molar-refractivity contribution >= 4 is 29.0 Å². The molecule has 0 spiro atoms. The Labute approximate surface area is 201 Å². The molecule has 4 rings (SSSR count). The van der Waals surface area contributed by atoms with E-state index in [-0.39, 0.29) is 24.4 Å². The number of ether oxygens (including phenoxy) is 2. The summed E-state index contributed by atoms with van der Waals surface area (Å²) in [6.45, 7) is 3.02. The molecule has 0 aliphatic heterocycles. The summed E-state index contributed by atoms with van der Waals surface area (Å²) in [5.41, 5.74) is 1.31. The van der Waals surface area contributed by atoms with Crippen LogP contribution in [-0.4, -0.2) is 27.0 Å². The maximum atomic E-state index is 12.7. The highest BCUT2D eigenvalue weighted by atomic mass is 32.1. The van der Waals surface area contributed by atoms with E-state index in [0.717, 1.165) is 11.3 Å². The molecular formula is C25H24N4O4S. The zero-order chi connectivity index (χ0) is 23.9. The molecule has 0 fully saturated rings. The summed E-state index contributed by atoms with van der Waals surface area (Å²) in [5, 5.41) is 3.40. The molecule has 34 heavy (non-hydrogen) atoms. The summed E-state index contributed by atoms with van der Waals surface area (Å²) < 4.78 is 12.9. The molecule has 0 saturated carbocycles. The number of hydrogen-bond donors (Lipinski definition) is 2. The normalized spacial score (nSPS) is 10.7. The number of nitrogens with zero attached hydrogens (tertiary/aromatic N) is 2. The number of fused-ring (bicyclic) bond motifs is 1. The lowest BCUT2D eigenvalue weighted by Gasteiger charge is -2.10. The zero-order valence-electron chi connectivity index (χ0n) is 18.6. The van der Waals surface area contributed by atoms with Crippen molar-refractivity contribution in [3.05, 3.63) is 87.5 Å². The third-order valence-corrected chi connectivity index (χ3v) is 5.42. The van der Waals surface area contributed by atoms with Crippen LogP contribution in [0.4, 0.5) is 0 Å². The first-order valence-electron chi connectivity index (χ1n) is 10.9. The summed E-state index contributed by atoms with van der Waals surface area (Å²) >= 11 is 5.30. The molecule has 0 aliphatic rings. The molecule has 1 amide bonds. The van der Waals surface area contributed by atoms with Crippen molar-refractivity contribution in [3.63, 3.8) is 0 Å². The molecule has 0 atom stereocenters. The Kier molecular flexibility index (Phi) is 7.34. The largest absolute Gasteiger partial charge is 0.494 e. The number of hydrogen-bond acceptors (Lipinski definition) is 6. The zero-order valence-corrected chi connectivity index (χ0v) is 19.4. The van der Waals surface area contributed by atoms with E-state index < -0.39 is 0 Å². The average molecular weight is 477 g/mol. The fourth-order valence-corrected chi connectivity index (χ4v) is 3.70. The molecular weight excluding hydrogens is 452 g/mol. The first kappa shape index (κ1) is 23.2. The van der Waals surface area contributed by atoms with Gasteiger partial charge in [0.1, 0.15) is 11.5 Å². The molecule has 0 aliphatic carbocycles. The molecule has 8 nitrogen and oxygen atoms in total. The van der Waals surface area contributed by atoms with Gasteiger partial charge in [0.15, 0.2) is 4.77 Å². The number of para-hydroxylation sites is 1. The van der Waals surface area contributed by atoms with Crippen molar-refractivity contribution in [2.45, 2.75) is 26.4 Å². The second kappa shape index (κ2) is 10.8. The van der Waals surface area contributed by atoms with E-state index in [4.69, 9.17) is 21.7 Å². The Hall–Kier alpha value is -3.98. The topological polar surface area (TPSA) is 98.2 Å². The van der Waals surface area contributed by atoms with E-state index in [9.17, 15) is 9.59 Å². The van der Waals surface area contributed by atoms with E-state index in [1.165, 1.54) is 4.57 Å². The van der Waals surface area contributed by atoms with Crippen molar-refractivity contribution in [3.8, 4) is 17.4 Å². The van der Waals surface area contributed by atoms with Gasteiger partial charge in [-0.2, -0.15) is 0 Å². The van der Waals surface area contributed by atoms with Crippen LogP contribution in [0.5, 0.6) is 17.4 Å². The average Bonchev–Trinajstić information content (AvgIpc) is 2.84. The first-order chi connectivity index (χ1) is 16.5. The van der Waals surface area contributed by atoms with E-state index in [0.29, 0.717) is 40.5 Å². The predicted molar refractivity (Wildman–Crippen MR) is 132 cm³/mol. The Morgan fingerprint density at radius 2 is 1.88 bits per heavy atom. The minimum atomic E-state index is -0.211. The number of carbonyl (C=O) groups is 1. The van der Waals surface area contributed by atoms with Gasteiger partial charge in [-0.15, -0.1) is 0 Å². The maximum Gasteiger partial charge on any atom is 0.262 e. The van der Waals surface area contributed by atoms with Crippen molar-refractivity contribution in [2.24, 2.45) is 0 Å². The van der Waals surface area contributed by atoms with Crippen LogP contribution >= 0.6 is 12.2 Å². The van der Waals surface area contributed by atoms with E-state index in [1.807, 2.05) is 25.1 Å². The lowest BCUT2D eigenvalue weighted by atomic mass is 10.2. The first-order valence-corrected chi connectivity index (χ1v) is 11.3. The van der Waals surface area contributed by atoms with Gasteiger partial charge in [-0.1, -0.05) is 12.1 Å². The van der Waals surface area contributed by atoms with Crippen molar-refractivity contribution in [1.82, 2.24) is 19.9 Å². The van der Waals surface area contributed by atoms with Crippen molar-refractivity contribution in [2.75, 3.05) is 6.61 Å². The van der Waals surface area contributed by atoms with Crippen molar-refractivity contribution < 1.29 is 14.3 Å². The Bertz CT molecular complexity index is 1410. The minimum Gasteiger partial charge on any atom is -0.494 e. The number of H-pyrrole nitrogens is 1. The third kappa shape index (κ3) is 5.68. The standard InChI is InChI=1S/C25H24N4O4S/c1-2-32-18-7-9-19(10-8-18)33-23-15-17(11-13-26-23)16-27-22(30)12-14-29-24(31)20-5-3-4-6-21(20)28-25(29)34/h3-11,13,15H,2,12,14,16H2,1H3,(H,27,30)(H,28,34). The van der Waals surface area contributed by atoms with Gasteiger partial charge in [0.05, 0.1) is 17.5 Å². The minimum absolute atomic E-state index is 0.121. The number of pyridine rings is 1. The van der Waals surface area contributed by atoms with Crippen LogP contribution < -0.4 is 20.3 Å². The van der Waals surface area contributed by atoms with Gasteiger partial charge in [0, 0.05) is 31.8 Å². The van der Waals surface area contributed by atoms with E-state index in [1.54, 1.807) is 48.7 Å². The van der Waals surface area contributed by atoms with Gasteiger partial charge < -0.3 is 19.8 Å². The van der Waals surface area contributed by atoms with Crippen LogP contribution in [-0.2, 0) is 17.9 Å². The highest BCUT2D eigenvalue weighted by Gasteiger charge is 2.09. The predicted octanol–water partition coefficient (Wildman–Crippen LogP) is 4.35. The molecule has 174 valence electrons. The highest BCUT2D eigenvalue weighted by molar-refractivity contribution is 7.71. The van der Waals surface area contributed by atoms with Gasteiger partial charge >= 0.3 is 0 Å². The summed E-state index contributed by atoms with van der Waals surface area (Å²) in [7, 11) is 0. The quantitative estimate of drug-likeness (QED) is 0.349. The summed E-state index contributed by atoms with van der Waals surface area (Å²) in [6, 6.07) is 18.0. The fraction of sp³-hybridized carbons (Fsp3) is 0.200. The van der Waals surface area contributed by atoms with Gasteiger partial charge in [0.2, 0.25) is 11.8 Å². The molecule has 0 saturated heterocycles. The van der Waals surface area contributed by atoms with Crippen LogP contribution in [0.1, 0.15) is 18.9 Å². The highest BCUT2D eigenvalue weighted by Crippen LogP contribution is 2.23. The lowest BCUT2D eigenvalue weighted by Crippen LogP contribution is -2.28. The monoisotopic (exact) mass is 476 g/mol. The molecule has 2 heterocycles. The van der Waals surface area contributed by atoms with Crippen LogP contribution in [0.3, 0.4) is 0 Å². The van der Waals surface area contributed by atoms with Crippen LogP contribution in [0.15, 0.2) is 71.7 Å². The number of benzene rings is 2. The molecule has 2 aromatic carbocycles. The molecule has 2 N–H and O–H groups in total.